The van der Waals surface area contributed by atoms with Gasteiger partial charge in [0.25, 0.3) is 0 Å². The molecular weight excluding hydrogens is 302 g/mol. The number of hydrogen-bond acceptors (Lipinski definition) is 3. The van der Waals surface area contributed by atoms with E-state index in [2.05, 4.69) is 5.32 Å². The van der Waals surface area contributed by atoms with E-state index in [-0.39, 0.29) is 5.78 Å². The monoisotopic (exact) mass is 325 g/mol. The van der Waals surface area contributed by atoms with Crippen LogP contribution in [-0.2, 0) is 10.3 Å². The third-order valence-electron chi connectivity index (χ3n) is 3.59. The van der Waals surface area contributed by atoms with Gasteiger partial charge in [-0.05, 0) is 33.3 Å². The van der Waals surface area contributed by atoms with E-state index in [9.17, 15) is 9.59 Å². The number of alkyl carbamates (subject to hydrolysis) is 1. The maximum atomic E-state index is 13.1. The fourth-order valence-corrected chi connectivity index (χ4v) is 2.42. The van der Waals surface area contributed by atoms with E-state index in [0.29, 0.717) is 11.1 Å². The van der Waals surface area contributed by atoms with Gasteiger partial charge in [0.2, 0.25) is 0 Å². The van der Waals surface area contributed by atoms with Crippen molar-refractivity contribution in [3.05, 3.63) is 71.8 Å². The number of benzene rings is 2. The first-order valence-corrected chi connectivity index (χ1v) is 7.89. The second-order valence-corrected chi connectivity index (χ2v) is 6.81. The largest absolute Gasteiger partial charge is 0.444 e. The number of ether oxygens (including phenoxy) is 1. The van der Waals surface area contributed by atoms with Gasteiger partial charge < -0.3 is 10.1 Å². The molecule has 1 amide bonds. The summed E-state index contributed by atoms with van der Waals surface area (Å²) in [6.07, 6.45) is -0.627. The standard InChI is InChI=1S/C20H23NO3/c1-19(2,3)24-18(23)21-20(4,16-13-9-6-10-14-16)17(22)15-11-7-5-8-12-15/h5-14H,1-4H3,(H,21,23)/t20-/m1/s1. The predicted octanol–water partition coefficient (Wildman–Crippen LogP) is 4.31. The summed E-state index contributed by atoms with van der Waals surface area (Å²) in [5.41, 5.74) is -0.632. The van der Waals surface area contributed by atoms with E-state index in [1.165, 1.54) is 0 Å². The summed E-state index contributed by atoms with van der Waals surface area (Å²) in [5.74, 6) is -0.194. The van der Waals surface area contributed by atoms with Crippen LogP contribution in [0.4, 0.5) is 4.79 Å². The highest BCUT2D eigenvalue weighted by Crippen LogP contribution is 2.26. The maximum absolute atomic E-state index is 13.1. The first-order valence-electron chi connectivity index (χ1n) is 7.89. The number of nitrogens with one attached hydrogen (secondary N) is 1. The van der Waals surface area contributed by atoms with E-state index >= 15 is 0 Å². The molecule has 0 aliphatic rings. The number of rotatable bonds is 4. The van der Waals surface area contributed by atoms with E-state index in [0.717, 1.165) is 0 Å². The minimum Gasteiger partial charge on any atom is -0.444 e. The molecule has 4 nitrogen and oxygen atoms in total. The molecule has 0 radical (unpaired) electrons. The normalized spacial score (nSPS) is 13.7. The van der Waals surface area contributed by atoms with Crippen molar-refractivity contribution in [2.24, 2.45) is 0 Å². The van der Waals surface area contributed by atoms with Crippen LogP contribution in [0.25, 0.3) is 0 Å². The van der Waals surface area contributed by atoms with Gasteiger partial charge in [-0.1, -0.05) is 60.7 Å². The van der Waals surface area contributed by atoms with Gasteiger partial charge in [0, 0.05) is 5.56 Å². The predicted molar refractivity (Wildman–Crippen MR) is 93.9 cm³/mol. The van der Waals surface area contributed by atoms with Crippen LogP contribution < -0.4 is 5.32 Å². The van der Waals surface area contributed by atoms with Crippen molar-refractivity contribution in [3.8, 4) is 0 Å². The van der Waals surface area contributed by atoms with Crippen molar-refractivity contribution in [1.29, 1.82) is 0 Å². The number of amides is 1. The minimum absolute atomic E-state index is 0.194. The molecule has 126 valence electrons. The summed E-state index contributed by atoms with van der Waals surface area (Å²) in [5, 5.41) is 2.75. The molecule has 2 rings (SSSR count). The highest BCUT2D eigenvalue weighted by Gasteiger charge is 2.38. The third-order valence-corrected chi connectivity index (χ3v) is 3.59. The first-order chi connectivity index (χ1) is 11.2. The average molecular weight is 325 g/mol. The quantitative estimate of drug-likeness (QED) is 0.852. The Bertz CT molecular complexity index is 705. The van der Waals surface area contributed by atoms with E-state index in [1.807, 2.05) is 36.4 Å². The van der Waals surface area contributed by atoms with Crippen LogP contribution in [0.15, 0.2) is 60.7 Å². The lowest BCUT2D eigenvalue weighted by atomic mass is 9.84. The maximum Gasteiger partial charge on any atom is 0.408 e. The lowest BCUT2D eigenvalue weighted by molar-refractivity contribution is 0.0441. The Morgan fingerprint density at radius 2 is 1.33 bits per heavy atom. The molecule has 0 saturated carbocycles. The minimum atomic E-state index is -1.22. The Hall–Kier alpha value is -2.62. The number of carbonyl (C=O) groups excluding carboxylic acids is 2. The summed E-state index contributed by atoms with van der Waals surface area (Å²) < 4.78 is 5.34. The highest BCUT2D eigenvalue weighted by atomic mass is 16.6. The second kappa shape index (κ2) is 6.87. The second-order valence-electron chi connectivity index (χ2n) is 6.81. The SMILES string of the molecule is CC(C)(C)OC(=O)N[C@@](C)(C(=O)c1ccccc1)c1ccccc1. The van der Waals surface area contributed by atoms with E-state index in [1.54, 1.807) is 52.0 Å². The van der Waals surface area contributed by atoms with Crippen molar-refractivity contribution in [2.75, 3.05) is 0 Å². The highest BCUT2D eigenvalue weighted by molar-refractivity contribution is 6.05. The summed E-state index contributed by atoms with van der Waals surface area (Å²) in [6.45, 7) is 7.05. The van der Waals surface area contributed by atoms with Crippen molar-refractivity contribution in [1.82, 2.24) is 5.32 Å². The topological polar surface area (TPSA) is 55.4 Å². The molecule has 0 fully saturated rings. The summed E-state index contributed by atoms with van der Waals surface area (Å²) in [4.78, 5) is 25.4. The number of hydrogen-bond donors (Lipinski definition) is 1. The molecule has 0 aromatic heterocycles. The summed E-state index contributed by atoms with van der Waals surface area (Å²) in [6, 6.07) is 18.1. The van der Waals surface area contributed by atoms with Gasteiger partial charge in [-0.2, -0.15) is 0 Å². The molecule has 0 saturated heterocycles. The smallest absolute Gasteiger partial charge is 0.408 e. The van der Waals surface area contributed by atoms with Gasteiger partial charge in [0.05, 0.1) is 0 Å². The molecule has 24 heavy (non-hydrogen) atoms. The Morgan fingerprint density at radius 1 is 0.833 bits per heavy atom. The van der Waals surface area contributed by atoms with Crippen LogP contribution in [0, 0.1) is 0 Å². The van der Waals surface area contributed by atoms with Crippen LogP contribution in [0.1, 0.15) is 43.6 Å². The van der Waals surface area contributed by atoms with Crippen LogP contribution >= 0.6 is 0 Å². The lowest BCUT2D eigenvalue weighted by Crippen LogP contribution is -2.51. The Labute approximate surface area is 142 Å². The molecule has 0 aliphatic carbocycles. The zero-order chi connectivity index (χ0) is 17.8. The van der Waals surface area contributed by atoms with Gasteiger partial charge in [0.15, 0.2) is 5.78 Å². The van der Waals surface area contributed by atoms with Gasteiger partial charge in [-0.25, -0.2) is 4.79 Å². The molecule has 1 atom stereocenters. The molecule has 0 heterocycles. The summed E-state index contributed by atoms with van der Waals surface area (Å²) >= 11 is 0. The molecule has 2 aromatic rings. The molecular formula is C20H23NO3. The Balaban J connectivity index is 2.39. The fraction of sp³-hybridized carbons (Fsp3) is 0.300. The van der Waals surface area contributed by atoms with Gasteiger partial charge >= 0.3 is 6.09 Å². The number of carbonyl (C=O) groups is 2. The molecule has 0 aliphatic heterocycles. The third kappa shape index (κ3) is 4.22. The lowest BCUT2D eigenvalue weighted by Gasteiger charge is -2.31. The van der Waals surface area contributed by atoms with Crippen molar-refractivity contribution in [3.63, 3.8) is 0 Å². The van der Waals surface area contributed by atoms with Crippen molar-refractivity contribution < 1.29 is 14.3 Å². The van der Waals surface area contributed by atoms with E-state index < -0.39 is 17.2 Å². The number of ketones is 1. The van der Waals surface area contributed by atoms with Crippen LogP contribution in [0.2, 0.25) is 0 Å². The first kappa shape index (κ1) is 17.7. The zero-order valence-corrected chi connectivity index (χ0v) is 14.5. The van der Waals surface area contributed by atoms with Crippen molar-refractivity contribution in [2.45, 2.75) is 38.8 Å². The average Bonchev–Trinajstić information content (AvgIpc) is 2.54. The Morgan fingerprint density at radius 3 is 1.83 bits per heavy atom. The van der Waals surface area contributed by atoms with Crippen LogP contribution in [0.5, 0.6) is 0 Å². The van der Waals surface area contributed by atoms with Crippen molar-refractivity contribution >= 4 is 11.9 Å². The van der Waals surface area contributed by atoms with Crippen LogP contribution in [0.3, 0.4) is 0 Å². The molecule has 0 spiro atoms. The molecule has 0 bridgehead atoms. The fourth-order valence-electron chi connectivity index (χ4n) is 2.42. The summed E-state index contributed by atoms with van der Waals surface area (Å²) in [7, 11) is 0. The van der Waals surface area contributed by atoms with Gasteiger partial charge in [-0.3, -0.25) is 4.79 Å². The molecule has 2 aromatic carbocycles. The van der Waals surface area contributed by atoms with Gasteiger partial charge in [-0.15, -0.1) is 0 Å². The zero-order valence-electron chi connectivity index (χ0n) is 14.5. The van der Waals surface area contributed by atoms with E-state index in [4.69, 9.17) is 4.74 Å². The molecule has 4 heteroatoms. The van der Waals surface area contributed by atoms with Gasteiger partial charge in [0.1, 0.15) is 11.1 Å². The molecule has 1 N–H and O–H groups in total. The van der Waals surface area contributed by atoms with Crippen LogP contribution in [-0.4, -0.2) is 17.5 Å². The Kier molecular flexibility index (Phi) is 5.07. The number of Topliss-reactive ketones (excluding diaryl/α,β-unsaturated/α-hetero) is 1. The molecule has 0 unspecified atom stereocenters.